The number of carbonyl (C=O) groups is 1. The van der Waals surface area contributed by atoms with Crippen molar-refractivity contribution in [3.8, 4) is 5.75 Å². The van der Waals surface area contributed by atoms with E-state index in [-0.39, 0.29) is 5.75 Å². The van der Waals surface area contributed by atoms with E-state index in [4.69, 9.17) is 5.41 Å². The molecule has 28 heavy (non-hydrogen) atoms. The first-order valence-electron chi connectivity index (χ1n) is 8.26. The van der Waals surface area contributed by atoms with Gasteiger partial charge in [0, 0.05) is 30.2 Å². The molecule has 0 radical (unpaired) electrons. The third-order valence-corrected chi connectivity index (χ3v) is 3.89. The number of hydrogen-bond donors (Lipinski definition) is 3. The maximum Gasteiger partial charge on any atom is 0.573 e. The molecule has 1 aliphatic heterocycles. The summed E-state index contributed by atoms with van der Waals surface area (Å²) >= 11 is 0. The number of amides is 1. The van der Waals surface area contributed by atoms with E-state index in [9.17, 15) is 18.0 Å². The van der Waals surface area contributed by atoms with Crippen molar-refractivity contribution in [1.82, 2.24) is 5.32 Å². The quantitative estimate of drug-likeness (QED) is 0.668. The molecule has 5 nitrogen and oxygen atoms in total. The summed E-state index contributed by atoms with van der Waals surface area (Å²) in [6, 6.07) is 11.8. The summed E-state index contributed by atoms with van der Waals surface area (Å²) in [4.78, 5) is 12.5. The number of ether oxygens (including phenoxy) is 1. The second kappa shape index (κ2) is 7.99. The van der Waals surface area contributed by atoms with Crippen LogP contribution in [0.15, 0.2) is 66.4 Å². The van der Waals surface area contributed by atoms with Gasteiger partial charge in [0.25, 0.3) is 5.91 Å². The predicted octanol–water partition coefficient (Wildman–Crippen LogP) is 4.36. The minimum atomic E-state index is -4.76. The Labute approximate surface area is 159 Å². The van der Waals surface area contributed by atoms with Crippen LogP contribution in [0.2, 0.25) is 0 Å². The molecule has 2 aromatic carbocycles. The zero-order valence-electron chi connectivity index (χ0n) is 14.5. The Morgan fingerprint density at radius 1 is 1.18 bits per heavy atom. The van der Waals surface area contributed by atoms with Crippen LogP contribution < -0.4 is 15.4 Å². The zero-order valence-corrected chi connectivity index (χ0v) is 14.5. The number of anilines is 1. The monoisotopic (exact) mass is 387 g/mol. The number of hydrogen-bond acceptors (Lipinski definition) is 4. The van der Waals surface area contributed by atoms with E-state index in [1.54, 1.807) is 18.2 Å². The van der Waals surface area contributed by atoms with Gasteiger partial charge >= 0.3 is 6.36 Å². The predicted molar refractivity (Wildman–Crippen MR) is 100 cm³/mol. The summed E-state index contributed by atoms with van der Waals surface area (Å²) < 4.78 is 40.4. The third-order valence-electron chi connectivity index (χ3n) is 3.89. The molecule has 0 saturated carbocycles. The second-order valence-electron chi connectivity index (χ2n) is 5.95. The van der Waals surface area contributed by atoms with E-state index in [2.05, 4.69) is 15.4 Å². The van der Waals surface area contributed by atoms with Crippen molar-refractivity contribution in [3.05, 3.63) is 77.5 Å². The van der Waals surface area contributed by atoms with Gasteiger partial charge in [-0.1, -0.05) is 12.1 Å². The number of allylic oxidation sites excluding steroid dienone is 2. The van der Waals surface area contributed by atoms with Crippen molar-refractivity contribution in [2.45, 2.75) is 6.36 Å². The van der Waals surface area contributed by atoms with Crippen LogP contribution >= 0.6 is 0 Å². The smallest absolute Gasteiger partial charge is 0.406 e. The number of benzene rings is 2. The van der Waals surface area contributed by atoms with Gasteiger partial charge in [0.2, 0.25) is 0 Å². The van der Waals surface area contributed by atoms with Crippen LogP contribution in [0.1, 0.15) is 15.9 Å². The number of carbonyl (C=O) groups excluding carboxylic acids is 1. The van der Waals surface area contributed by atoms with E-state index in [0.29, 0.717) is 17.8 Å². The molecule has 0 fully saturated rings. The molecule has 0 saturated heterocycles. The van der Waals surface area contributed by atoms with Gasteiger partial charge in [0.05, 0.1) is 0 Å². The standard InChI is InChI=1S/C20H16F3N3O2/c21-20(22,23)28-18-6-4-17(5-7-18)26-19(27)15-3-1-2-14(9-15)16-8-13(10-24)11-25-12-16/h1-10,12,24-25H,11H2,(H,26,27). The van der Waals surface area contributed by atoms with Crippen LogP contribution in [-0.4, -0.2) is 25.0 Å². The van der Waals surface area contributed by atoms with Crippen molar-refractivity contribution >= 4 is 23.4 Å². The van der Waals surface area contributed by atoms with Crippen molar-refractivity contribution in [1.29, 1.82) is 5.41 Å². The largest absolute Gasteiger partial charge is 0.573 e. The first kappa shape index (κ1) is 19.2. The van der Waals surface area contributed by atoms with Gasteiger partial charge in [-0.15, -0.1) is 13.2 Å². The van der Waals surface area contributed by atoms with Gasteiger partial charge in [-0.3, -0.25) is 4.79 Å². The lowest BCUT2D eigenvalue weighted by atomic mass is 10.00. The van der Waals surface area contributed by atoms with Gasteiger partial charge in [-0.25, -0.2) is 0 Å². The number of nitrogens with one attached hydrogen (secondary N) is 3. The van der Waals surface area contributed by atoms with Gasteiger partial charge in [-0.05, 0) is 59.2 Å². The van der Waals surface area contributed by atoms with Gasteiger partial charge in [0.15, 0.2) is 0 Å². The molecule has 1 amide bonds. The molecule has 0 unspecified atom stereocenters. The first-order chi connectivity index (χ1) is 13.3. The number of alkyl halides is 3. The third kappa shape index (κ3) is 5.00. The second-order valence-corrected chi connectivity index (χ2v) is 5.95. The van der Waals surface area contributed by atoms with Crippen LogP contribution in [-0.2, 0) is 0 Å². The normalized spacial score (nSPS) is 13.7. The Balaban J connectivity index is 1.72. The lowest BCUT2D eigenvalue weighted by Crippen LogP contribution is -2.17. The molecule has 2 aromatic rings. The number of dihydropyridines is 1. The molecular formula is C20H16F3N3O2. The highest BCUT2D eigenvalue weighted by molar-refractivity contribution is 6.05. The maximum absolute atomic E-state index is 12.5. The highest BCUT2D eigenvalue weighted by Crippen LogP contribution is 2.25. The van der Waals surface area contributed by atoms with Crippen molar-refractivity contribution in [2.75, 3.05) is 11.9 Å². The highest BCUT2D eigenvalue weighted by atomic mass is 19.4. The van der Waals surface area contributed by atoms with Crippen LogP contribution in [0.25, 0.3) is 5.57 Å². The Morgan fingerprint density at radius 2 is 1.93 bits per heavy atom. The fourth-order valence-electron chi connectivity index (χ4n) is 2.61. The highest BCUT2D eigenvalue weighted by Gasteiger charge is 2.30. The molecular weight excluding hydrogens is 371 g/mol. The minimum Gasteiger partial charge on any atom is -0.406 e. The fraction of sp³-hybridized carbons (Fsp3) is 0.100. The number of halogens is 3. The van der Waals surface area contributed by atoms with Gasteiger partial charge < -0.3 is 20.8 Å². The summed E-state index contributed by atoms with van der Waals surface area (Å²) in [6.07, 6.45) is 0.173. The Hall–Kier alpha value is -3.55. The summed E-state index contributed by atoms with van der Waals surface area (Å²) in [5, 5.41) is 13.1. The Morgan fingerprint density at radius 3 is 2.61 bits per heavy atom. The molecule has 144 valence electrons. The molecule has 0 bridgehead atoms. The molecule has 0 atom stereocenters. The minimum absolute atomic E-state index is 0.342. The molecule has 3 N–H and O–H groups in total. The summed E-state index contributed by atoms with van der Waals surface area (Å²) in [6.45, 7) is 0.571. The van der Waals surface area contributed by atoms with E-state index >= 15 is 0 Å². The average molecular weight is 387 g/mol. The average Bonchev–Trinajstić information content (AvgIpc) is 2.68. The summed E-state index contributed by atoms with van der Waals surface area (Å²) in [7, 11) is 0. The molecule has 0 spiro atoms. The van der Waals surface area contributed by atoms with Crippen molar-refractivity contribution in [2.24, 2.45) is 0 Å². The van der Waals surface area contributed by atoms with Gasteiger partial charge in [-0.2, -0.15) is 0 Å². The summed E-state index contributed by atoms with van der Waals surface area (Å²) in [5.74, 6) is -0.759. The molecule has 1 heterocycles. The van der Waals surface area contributed by atoms with E-state index < -0.39 is 12.3 Å². The molecule has 0 aromatic heterocycles. The lowest BCUT2D eigenvalue weighted by molar-refractivity contribution is -0.274. The van der Waals surface area contributed by atoms with E-state index in [0.717, 1.165) is 28.8 Å². The fourth-order valence-corrected chi connectivity index (χ4v) is 2.61. The Kier molecular flexibility index (Phi) is 5.49. The van der Waals surface area contributed by atoms with E-state index in [1.165, 1.54) is 18.3 Å². The van der Waals surface area contributed by atoms with Crippen LogP contribution in [0.3, 0.4) is 0 Å². The molecule has 3 rings (SSSR count). The zero-order chi connectivity index (χ0) is 20.1. The van der Waals surface area contributed by atoms with Crippen LogP contribution in [0.4, 0.5) is 18.9 Å². The van der Waals surface area contributed by atoms with Gasteiger partial charge in [0.1, 0.15) is 5.75 Å². The molecule has 0 aliphatic carbocycles. The Bertz CT molecular complexity index is 948. The van der Waals surface area contributed by atoms with Crippen molar-refractivity contribution < 1.29 is 22.7 Å². The SMILES string of the molecule is N=CC1=CC(c2cccc(C(=O)Nc3ccc(OC(F)(F)F)cc3)c2)=CNC1. The van der Waals surface area contributed by atoms with Crippen molar-refractivity contribution in [3.63, 3.8) is 0 Å². The first-order valence-corrected chi connectivity index (χ1v) is 8.26. The van der Waals surface area contributed by atoms with Crippen LogP contribution in [0.5, 0.6) is 5.75 Å². The summed E-state index contributed by atoms with van der Waals surface area (Å²) in [5.41, 5.74) is 3.19. The molecule has 8 heteroatoms. The van der Waals surface area contributed by atoms with Crippen LogP contribution in [0, 0.1) is 5.41 Å². The maximum atomic E-state index is 12.5. The lowest BCUT2D eigenvalue weighted by Gasteiger charge is -2.14. The topological polar surface area (TPSA) is 74.2 Å². The molecule has 1 aliphatic rings. The van der Waals surface area contributed by atoms with E-state index in [1.807, 2.05) is 18.3 Å². The number of rotatable bonds is 5.